The first kappa shape index (κ1) is 11.8. The van der Waals surface area contributed by atoms with Crippen molar-refractivity contribution in [2.45, 2.75) is 13.0 Å². The Morgan fingerprint density at radius 1 is 1.36 bits per heavy atom. The molecule has 0 radical (unpaired) electrons. The van der Waals surface area contributed by atoms with Crippen molar-refractivity contribution >= 4 is 23.2 Å². The van der Waals surface area contributed by atoms with Gasteiger partial charge in [-0.3, -0.25) is 0 Å². The van der Waals surface area contributed by atoms with Gasteiger partial charge >= 0.3 is 0 Å². The predicted molar refractivity (Wildman–Crippen MR) is 57.9 cm³/mol. The summed E-state index contributed by atoms with van der Waals surface area (Å²) in [5.41, 5.74) is 0.716. The van der Waals surface area contributed by atoms with E-state index in [2.05, 4.69) is 0 Å². The van der Waals surface area contributed by atoms with Crippen molar-refractivity contribution in [2.24, 2.45) is 0 Å². The molecule has 0 aliphatic heterocycles. The summed E-state index contributed by atoms with van der Waals surface area (Å²) in [5, 5.41) is 10.6. The van der Waals surface area contributed by atoms with Gasteiger partial charge in [0.15, 0.2) is 0 Å². The highest BCUT2D eigenvalue weighted by atomic mass is 35.5. The number of benzene rings is 1. The van der Waals surface area contributed by atoms with Crippen LogP contribution in [0.2, 0.25) is 10.0 Å². The molecule has 0 saturated heterocycles. The number of halogens is 2. The molecule has 78 valence electrons. The SMILES string of the molecule is CCOCC(O)c1ccc(Cl)c(Cl)c1. The van der Waals surface area contributed by atoms with E-state index < -0.39 is 6.10 Å². The summed E-state index contributed by atoms with van der Waals surface area (Å²) < 4.78 is 5.09. The monoisotopic (exact) mass is 234 g/mol. The highest BCUT2D eigenvalue weighted by molar-refractivity contribution is 6.42. The maximum absolute atomic E-state index is 9.64. The lowest BCUT2D eigenvalue weighted by Crippen LogP contribution is -2.06. The molecule has 0 aliphatic rings. The summed E-state index contributed by atoms with van der Waals surface area (Å²) in [5.74, 6) is 0. The van der Waals surface area contributed by atoms with Crippen LogP contribution >= 0.6 is 23.2 Å². The van der Waals surface area contributed by atoms with E-state index in [0.29, 0.717) is 22.2 Å². The van der Waals surface area contributed by atoms with Gasteiger partial charge in [0, 0.05) is 6.61 Å². The van der Waals surface area contributed by atoms with Crippen LogP contribution in [0.15, 0.2) is 18.2 Å². The molecule has 14 heavy (non-hydrogen) atoms. The van der Waals surface area contributed by atoms with Crippen LogP contribution in [-0.4, -0.2) is 18.3 Å². The zero-order chi connectivity index (χ0) is 10.6. The minimum absolute atomic E-state index is 0.272. The Bertz CT molecular complexity index is 302. The third-order valence-electron chi connectivity index (χ3n) is 1.81. The number of aliphatic hydroxyl groups is 1. The highest BCUT2D eigenvalue weighted by Crippen LogP contribution is 2.25. The van der Waals surface area contributed by atoms with Gasteiger partial charge in [-0.2, -0.15) is 0 Å². The maximum Gasteiger partial charge on any atom is 0.102 e. The van der Waals surface area contributed by atoms with Crippen molar-refractivity contribution in [3.05, 3.63) is 33.8 Å². The topological polar surface area (TPSA) is 29.5 Å². The fourth-order valence-corrected chi connectivity index (χ4v) is 1.35. The lowest BCUT2D eigenvalue weighted by Gasteiger charge is -2.11. The largest absolute Gasteiger partial charge is 0.386 e. The first-order chi connectivity index (χ1) is 6.65. The molecule has 0 aromatic heterocycles. The Morgan fingerprint density at radius 2 is 2.07 bits per heavy atom. The Morgan fingerprint density at radius 3 is 2.64 bits per heavy atom. The molecule has 1 atom stereocenters. The Hall–Kier alpha value is -0.280. The number of hydrogen-bond acceptors (Lipinski definition) is 2. The molecule has 0 amide bonds. The van der Waals surface area contributed by atoms with Crippen LogP contribution in [0.5, 0.6) is 0 Å². The normalized spacial score (nSPS) is 12.9. The van der Waals surface area contributed by atoms with Crippen LogP contribution in [-0.2, 0) is 4.74 Å². The van der Waals surface area contributed by atoms with Crippen molar-refractivity contribution < 1.29 is 9.84 Å². The number of ether oxygens (including phenoxy) is 1. The van der Waals surface area contributed by atoms with E-state index in [1.54, 1.807) is 18.2 Å². The lowest BCUT2D eigenvalue weighted by molar-refractivity contribution is 0.0420. The number of hydrogen-bond donors (Lipinski definition) is 1. The second kappa shape index (κ2) is 5.56. The molecule has 0 saturated carbocycles. The van der Waals surface area contributed by atoms with Crippen LogP contribution < -0.4 is 0 Å². The highest BCUT2D eigenvalue weighted by Gasteiger charge is 2.08. The van der Waals surface area contributed by atoms with Gasteiger partial charge in [0.25, 0.3) is 0 Å². The van der Waals surface area contributed by atoms with Gasteiger partial charge in [-0.1, -0.05) is 29.3 Å². The molecule has 0 fully saturated rings. The summed E-state index contributed by atoms with van der Waals surface area (Å²) >= 11 is 11.6. The van der Waals surface area contributed by atoms with E-state index in [9.17, 15) is 5.11 Å². The maximum atomic E-state index is 9.64. The molecule has 0 bridgehead atoms. The molecule has 0 heterocycles. The van der Waals surface area contributed by atoms with Crippen molar-refractivity contribution in [1.29, 1.82) is 0 Å². The van der Waals surface area contributed by atoms with Gasteiger partial charge in [-0.25, -0.2) is 0 Å². The minimum Gasteiger partial charge on any atom is -0.386 e. The fourth-order valence-electron chi connectivity index (χ4n) is 1.05. The van der Waals surface area contributed by atoms with Gasteiger partial charge in [0.2, 0.25) is 0 Å². The average Bonchev–Trinajstić information content (AvgIpc) is 2.18. The Balaban J connectivity index is 2.70. The molecule has 1 aromatic rings. The van der Waals surface area contributed by atoms with Crippen LogP contribution in [0.4, 0.5) is 0 Å². The fraction of sp³-hybridized carbons (Fsp3) is 0.400. The summed E-state index contributed by atoms with van der Waals surface area (Å²) in [6.07, 6.45) is -0.648. The van der Waals surface area contributed by atoms with Gasteiger partial charge in [0.05, 0.1) is 16.7 Å². The second-order valence-electron chi connectivity index (χ2n) is 2.85. The van der Waals surface area contributed by atoms with E-state index in [1.165, 1.54) is 0 Å². The van der Waals surface area contributed by atoms with E-state index in [4.69, 9.17) is 27.9 Å². The quantitative estimate of drug-likeness (QED) is 0.868. The first-order valence-corrected chi connectivity index (χ1v) is 5.11. The van der Waals surface area contributed by atoms with Crippen LogP contribution in [0.25, 0.3) is 0 Å². The Labute approximate surface area is 93.4 Å². The molecule has 0 aliphatic carbocycles. The standard InChI is InChI=1S/C10H12Cl2O2/c1-2-14-6-10(13)7-3-4-8(11)9(12)5-7/h3-5,10,13H,2,6H2,1H3. The van der Waals surface area contributed by atoms with E-state index in [1.807, 2.05) is 6.92 Å². The summed E-state index contributed by atoms with van der Waals surface area (Å²) in [6, 6.07) is 5.04. The second-order valence-corrected chi connectivity index (χ2v) is 3.66. The van der Waals surface area contributed by atoms with Gasteiger partial charge in [-0.05, 0) is 24.6 Å². The average molecular weight is 235 g/mol. The molecule has 1 N–H and O–H groups in total. The first-order valence-electron chi connectivity index (χ1n) is 4.36. The zero-order valence-electron chi connectivity index (χ0n) is 7.84. The smallest absolute Gasteiger partial charge is 0.102 e. The number of rotatable bonds is 4. The molecule has 1 aromatic carbocycles. The van der Waals surface area contributed by atoms with Crippen molar-refractivity contribution in [1.82, 2.24) is 0 Å². The number of aliphatic hydroxyl groups excluding tert-OH is 1. The van der Waals surface area contributed by atoms with E-state index >= 15 is 0 Å². The molecule has 1 rings (SSSR count). The Kier molecular flexibility index (Phi) is 4.69. The van der Waals surface area contributed by atoms with E-state index in [0.717, 1.165) is 0 Å². The summed E-state index contributed by atoms with van der Waals surface area (Å²) in [4.78, 5) is 0. The molecular weight excluding hydrogens is 223 g/mol. The molecule has 4 heteroatoms. The van der Waals surface area contributed by atoms with Crippen molar-refractivity contribution in [3.63, 3.8) is 0 Å². The van der Waals surface area contributed by atoms with E-state index in [-0.39, 0.29) is 6.61 Å². The molecule has 2 nitrogen and oxygen atoms in total. The van der Waals surface area contributed by atoms with Crippen LogP contribution in [0.3, 0.4) is 0 Å². The molecular formula is C10H12Cl2O2. The molecule has 0 spiro atoms. The predicted octanol–water partition coefficient (Wildman–Crippen LogP) is 3.06. The van der Waals surface area contributed by atoms with Gasteiger partial charge in [-0.15, -0.1) is 0 Å². The van der Waals surface area contributed by atoms with Crippen molar-refractivity contribution in [3.8, 4) is 0 Å². The summed E-state index contributed by atoms with van der Waals surface area (Å²) in [7, 11) is 0. The third kappa shape index (κ3) is 3.14. The van der Waals surface area contributed by atoms with Gasteiger partial charge in [0.1, 0.15) is 6.10 Å². The van der Waals surface area contributed by atoms with Gasteiger partial charge < -0.3 is 9.84 Å². The van der Waals surface area contributed by atoms with Crippen molar-refractivity contribution in [2.75, 3.05) is 13.2 Å². The lowest BCUT2D eigenvalue weighted by atomic mass is 10.1. The van der Waals surface area contributed by atoms with Crippen LogP contribution in [0, 0.1) is 0 Å². The third-order valence-corrected chi connectivity index (χ3v) is 2.55. The minimum atomic E-state index is -0.648. The zero-order valence-corrected chi connectivity index (χ0v) is 9.35. The summed E-state index contributed by atoms with van der Waals surface area (Å²) in [6.45, 7) is 2.73. The van der Waals surface area contributed by atoms with Crippen LogP contribution in [0.1, 0.15) is 18.6 Å². The molecule has 1 unspecified atom stereocenters.